The molecule has 1 N–H and O–H groups in total. The van der Waals surface area contributed by atoms with E-state index in [1.54, 1.807) is 0 Å². The molecule has 6 aromatic carbocycles. The minimum Gasteiger partial charge on any atom is -0.356 e. The summed E-state index contributed by atoms with van der Waals surface area (Å²) in [5.74, 6) is 0. The molecular formula is C37H29N2Si. The molecule has 0 amide bonds. The third-order valence-corrected chi connectivity index (χ3v) is 8.43. The first-order valence-corrected chi connectivity index (χ1v) is 14.2. The molecule has 0 saturated carbocycles. The van der Waals surface area contributed by atoms with Crippen molar-refractivity contribution in [2.45, 2.75) is 19.3 Å². The summed E-state index contributed by atoms with van der Waals surface area (Å²) in [5.41, 5.74) is 10.8. The van der Waals surface area contributed by atoms with Crippen molar-refractivity contribution in [1.29, 1.82) is 0 Å². The summed E-state index contributed by atoms with van der Waals surface area (Å²) in [6.07, 6.45) is 0. The summed E-state index contributed by atoms with van der Waals surface area (Å²) in [5, 5.41) is 7.18. The van der Waals surface area contributed by atoms with E-state index >= 15 is 0 Å². The van der Waals surface area contributed by atoms with E-state index < -0.39 is 0 Å². The number of anilines is 5. The van der Waals surface area contributed by atoms with Crippen molar-refractivity contribution < 1.29 is 0 Å². The predicted octanol–water partition coefficient (Wildman–Crippen LogP) is 9.15. The Morgan fingerprint density at radius 2 is 1.20 bits per heavy atom. The van der Waals surface area contributed by atoms with Crippen molar-refractivity contribution in [3.05, 3.63) is 145 Å². The van der Waals surface area contributed by atoms with Gasteiger partial charge in [-0.25, -0.2) is 0 Å². The van der Waals surface area contributed by atoms with E-state index in [1.165, 1.54) is 38.7 Å². The highest BCUT2D eigenvalue weighted by Gasteiger charge is 2.38. The Bertz CT molecular complexity index is 1840. The van der Waals surface area contributed by atoms with Gasteiger partial charge < -0.3 is 10.2 Å². The SMILES string of the molecule is CC1(C)c2cc(Nc3ccccc3)ccc2-c2c1cc(N(c1ccccc1)c1ccc([Si])cc1)c1ccccc21. The molecule has 1 aliphatic rings. The smallest absolute Gasteiger partial charge is 0.0711 e. The number of rotatable bonds is 5. The van der Waals surface area contributed by atoms with E-state index in [2.05, 4.69) is 162 Å². The number of nitrogens with one attached hydrogen (secondary N) is 1. The molecule has 1 aliphatic carbocycles. The zero-order valence-electron chi connectivity index (χ0n) is 22.6. The molecule has 0 bridgehead atoms. The quantitative estimate of drug-likeness (QED) is 0.224. The second-order valence-electron chi connectivity index (χ2n) is 11.0. The molecule has 0 aromatic heterocycles. The van der Waals surface area contributed by atoms with Crippen molar-refractivity contribution in [2.24, 2.45) is 0 Å². The first-order chi connectivity index (χ1) is 19.5. The lowest BCUT2D eigenvalue weighted by molar-refractivity contribution is 0.661. The van der Waals surface area contributed by atoms with Crippen LogP contribution in [-0.4, -0.2) is 10.2 Å². The van der Waals surface area contributed by atoms with E-state index in [1.807, 2.05) is 6.07 Å². The third-order valence-electron chi connectivity index (χ3n) is 8.10. The topological polar surface area (TPSA) is 15.3 Å². The highest BCUT2D eigenvalue weighted by Crippen LogP contribution is 2.55. The molecule has 0 heterocycles. The van der Waals surface area contributed by atoms with Gasteiger partial charge in [-0.2, -0.15) is 0 Å². The average Bonchev–Trinajstić information content (AvgIpc) is 3.21. The second kappa shape index (κ2) is 9.55. The Labute approximate surface area is 239 Å². The zero-order valence-corrected chi connectivity index (χ0v) is 23.6. The van der Waals surface area contributed by atoms with Gasteiger partial charge in [-0.15, -0.1) is 0 Å². The van der Waals surface area contributed by atoms with Crippen LogP contribution in [0.3, 0.4) is 0 Å². The van der Waals surface area contributed by atoms with E-state index in [9.17, 15) is 0 Å². The molecule has 0 spiro atoms. The Hall–Kier alpha value is -4.60. The van der Waals surface area contributed by atoms with E-state index in [0.29, 0.717) is 0 Å². The van der Waals surface area contributed by atoms with Crippen LogP contribution in [0, 0.1) is 0 Å². The third kappa shape index (κ3) is 4.02. The molecule has 3 radical (unpaired) electrons. The van der Waals surface area contributed by atoms with Gasteiger partial charge in [0.2, 0.25) is 0 Å². The van der Waals surface area contributed by atoms with E-state index in [-0.39, 0.29) is 5.41 Å². The maximum atomic E-state index is 3.68. The normalized spacial score (nSPS) is 13.1. The van der Waals surface area contributed by atoms with E-state index in [0.717, 1.165) is 27.9 Å². The minimum atomic E-state index is -0.167. The Morgan fingerprint density at radius 3 is 1.93 bits per heavy atom. The van der Waals surface area contributed by atoms with E-state index in [4.69, 9.17) is 0 Å². The lowest BCUT2D eigenvalue weighted by Crippen LogP contribution is -2.17. The largest absolute Gasteiger partial charge is 0.356 e. The predicted molar refractivity (Wildman–Crippen MR) is 171 cm³/mol. The van der Waals surface area contributed by atoms with Crippen LogP contribution in [0.1, 0.15) is 25.0 Å². The van der Waals surface area contributed by atoms with Crippen molar-refractivity contribution in [3.8, 4) is 11.1 Å². The molecule has 6 aromatic rings. The standard InChI is InChI=1S/C37H29N2Si/c1-37(2)33-23-26(38-25-11-5-3-6-12-25)17-22-32(33)36-31-16-10-9-15-30(31)35(24-34(36)37)39(27-13-7-4-8-14-27)28-18-20-29(40)21-19-28/h3-24,38H,1-2H3. The Balaban J connectivity index is 1.45. The van der Waals surface area contributed by atoms with Crippen LogP contribution in [0.25, 0.3) is 21.9 Å². The van der Waals surface area contributed by atoms with Crippen molar-refractivity contribution in [1.82, 2.24) is 0 Å². The lowest BCUT2D eigenvalue weighted by Gasteiger charge is -2.30. The van der Waals surface area contributed by atoms with Crippen molar-refractivity contribution in [2.75, 3.05) is 10.2 Å². The number of nitrogens with zero attached hydrogens (tertiary/aromatic N) is 1. The highest BCUT2D eigenvalue weighted by atomic mass is 28.1. The summed E-state index contributed by atoms with van der Waals surface area (Å²) in [6, 6.07) is 47.7. The molecule has 0 atom stereocenters. The molecule has 0 unspecified atom stereocenters. The summed E-state index contributed by atoms with van der Waals surface area (Å²) in [4.78, 5) is 2.38. The summed E-state index contributed by atoms with van der Waals surface area (Å²) in [7, 11) is 3.68. The van der Waals surface area contributed by atoms with Crippen molar-refractivity contribution >= 4 is 54.6 Å². The van der Waals surface area contributed by atoms with Crippen LogP contribution >= 0.6 is 0 Å². The summed E-state index contributed by atoms with van der Waals surface area (Å²) >= 11 is 0. The first-order valence-electron chi connectivity index (χ1n) is 13.7. The Kier molecular flexibility index (Phi) is 5.83. The lowest BCUT2D eigenvalue weighted by atomic mass is 9.81. The van der Waals surface area contributed by atoms with Crippen LogP contribution in [0.2, 0.25) is 0 Å². The minimum absolute atomic E-state index is 0.167. The number of hydrogen-bond donors (Lipinski definition) is 1. The van der Waals surface area contributed by atoms with Gasteiger partial charge in [0.15, 0.2) is 0 Å². The highest BCUT2D eigenvalue weighted by molar-refractivity contribution is 6.32. The molecule has 0 fully saturated rings. The summed E-state index contributed by atoms with van der Waals surface area (Å²) < 4.78 is 0. The number of hydrogen-bond acceptors (Lipinski definition) is 2. The maximum absolute atomic E-state index is 3.68. The van der Waals surface area contributed by atoms with Gasteiger partial charge >= 0.3 is 0 Å². The van der Waals surface area contributed by atoms with Crippen LogP contribution in [0.4, 0.5) is 28.4 Å². The molecule has 40 heavy (non-hydrogen) atoms. The molecule has 2 nitrogen and oxygen atoms in total. The number of para-hydroxylation sites is 2. The Morgan fingerprint density at radius 1 is 0.575 bits per heavy atom. The zero-order chi connectivity index (χ0) is 27.3. The average molecular weight is 530 g/mol. The molecule has 191 valence electrons. The van der Waals surface area contributed by atoms with Crippen LogP contribution in [0.5, 0.6) is 0 Å². The maximum Gasteiger partial charge on any atom is 0.0711 e. The van der Waals surface area contributed by atoms with Crippen LogP contribution < -0.4 is 15.4 Å². The molecule has 3 heteroatoms. The van der Waals surface area contributed by atoms with Crippen LogP contribution in [0.15, 0.2) is 133 Å². The number of fused-ring (bicyclic) bond motifs is 5. The van der Waals surface area contributed by atoms with Gasteiger partial charge in [0, 0.05) is 33.6 Å². The number of benzene rings is 6. The molecule has 7 rings (SSSR count). The van der Waals surface area contributed by atoms with Crippen LogP contribution in [-0.2, 0) is 5.41 Å². The van der Waals surface area contributed by atoms with Gasteiger partial charge in [-0.3, -0.25) is 0 Å². The van der Waals surface area contributed by atoms with Crippen molar-refractivity contribution in [3.63, 3.8) is 0 Å². The van der Waals surface area contributed by atoms with Gasteiger partial charge in [0.1, 0.15) is 0 Å². The van der Waals surface area contributed by atoms with Gasteiger partial charge in [0.25, 0.3) is 0 Å². The second-order valence-corrected chi connectivity index (χ2v) is 11.5. The summed E-state index contributed by atoms with van der Waals surface area (Å²) in [6.45, 7) is 4.71. The first kappa shape index (κ1) is 24.4. The van der Waals surface area contributed by atoms with Gasteiger partial charge in [0.05, 0.1) is 15.9 Å². The molecule has 0 aliphatic heterocycles. The fraction of sp³-hybridized carbons (Fsp3) is 0.0811. The molecular weight excluding hydrogens is 501 g/mol. The molecule has 0 saturated heterocycles. The monoisotopic (exact) mass is 529 g/mol. The fourth-order valence-corrected chi connectivity index (χ4v) is 6.30. The van der Waals surface area contributed by atoms with Gasteiger partial charge in [-0.1, -0.05) is 97.9 Å². The fourth-order valence-electron chi connectivity index (χ4n) is 6.13. The van der Waals surface area contributed by atoms with Gasteiger partial charge in [-0.05, 0) is 82.2 Å².